The van der Waals surface area contributed by atoms with Crippen molar-refractivity contribution in [3.05, 3.63) is 66.0 Å². The van der Waals surface area contributed by atoms with Crippen molar-refractivity contribution in [3.63, 3.8) is 0 Å². The van der Waals surface area contributed by atoms with Gasteiger partial charge in [-0.2, -0.15) is 0 Å². The number of hydrogen-bond acceptors (Lipinski definition) is 7. The van der Waals surface area contributed by atoms with Crippen molar-refractivity contribution in [3.8, 4) is 11.4 Å². The van der Waals surface area contributed by atoms with E-state index < -0.39 is 0 Å². The summed E-state index contributed by atoms with van der Waals surface area (Å²) in [6.07, 6.45) is 0. The third-order valence-corrected chi connectivity index (χ3v) is 6.29. The lowest BCUT2D eigenvalue weighted by molar-refractivity contribution is -0.118. The molecule has 0 unspecified atom stereocenters. The number of imidazole rings is 1. The van der Waals surface area contributed by atoms with Crippen LogP contribution in [0.3, 0.4) is 0 Å². The maximum Gasteiger partial charge on any atom is 0.254 e. The Hall–Kier alpha value is -4.47. The summed E-state index contributed by atoms with van der Waals surface area (Å²) in [6.45, 7) is 6.95. The number of fused-ring (bicyclic) bond motifs is 1. The molecule has 5 rings (SSSR count). The van der Waals surface area contributed by atoms with Crippen LogP contribution in [0.25, 0.3) is 22.4 Å². The molecular weight excluding hydrogens is 468 g/mol. The highest BCUT2D eigenvalue weighted by molar-refractivity contribution is 5.97. The molecule has 1 saturated heterocycles. The van der Waals surface area contributed by atoms with E-state index in [0.29, 0.717) is 56.5 Å². The number of nitrogens with one attached hydrogen (secondary N) is 3. The number of piperazine rings is 1. The van der Waals surface area contributed by atoms with Crippen molar-refractivity contribution in [2.75, 3.05) is 49.5 Å². The SMILES string of the molecule is CC(=O)NCCNc1cc(N2CCN(C(=O)c3ccc4[nH]c(C)nc4c3)CC2)nc(-c2ccccc2)n1. The van der Waals surface area contributed by atoms with E-state index in [4.69, 9.17) is 4.98 Å². The zero-order valence-electron chi connectivity index (χ0n) is 21.0. The van der Waals surface area contributed by atoms with Crippen LogP contribution >= 0.6 is 0 Å². The average Bonchev–Trinajstić information content (AvgIpc) is 3.30. The highest BCUT2D eigenvalue weighted by Gasteiger charge is 2.24. The van der Waals surface area contributed by atoms with Crippen molar-refractivity contribution < 1.29 is 9.59 Å². The van der Waals surface area contributed by atoms with E-state index in [1.807, 2.05) is 66.4 Å². The molecule has 10 nitrogen and oxygen atoms in total. The van der Waals surface area contributed by atoms with E-state index in [-0.39, 0.29) is 11.8 Å². The lowest BCUT2D eigenvalue weighted by Crippen LogP contribution is -2.49. The summed E-state index contributed by atoms with van der Waals surface area (Å²) in [7, 11) is 0. The van der Waals surface area contributed by atoms with Crippen LogP contribution in [0.15, 0.2) is 54.6 Å². The number of aromatic amines is 1. The number of hydrogen-bond donors (Lipinski definition) is 3. The largest absolute Gasteiger partial charge is 0.368 e. The number of benzene rings is 2. The Labute approximate surface area is 215 Å². The first-order valence-electron chi connectivity index (χ1n) is 12.4. The molecule has 4 aromatic rings. The zero-order valence-corrected chi connectivity index (χ0v) is 21.0. The van der Waals surface area contributed by atoms with Gasteiger partial charge in [-0.3, -0.25) is 9.59 Å². The Morgan fingerprint density at radius 1 is 0.946 bits per heavy atom. The van der Waals surface area contributed by atoms with Crippen LogP contribution in [-0.2, 0) is 4.79 Å². The van der Waals surface area contributed by atoms with Crippen LogP contribution in [0.2, 0.25) is 0 Å². The molecule has 2 aromatic heterocycles. The number of nitrogens with zero attached hydrogens (tertiary/aromatic N) is 5. The summed E-state index contributed by atoms with van der Waals surface area (Å²) in [5.74, 6) is 2.89. The Morgan fingerprint density at radius 2 is 1.73 bits per heavy atom. The van der Waals surface area contributed by atoms with Gasteiger partial charge >= 0.3 is 0 Å². The third kappa shape index (κ3) is 5.69. The number of carbonyl (C=O) groups excluding carboxylic acids is 2. The van der Waals surface area contributed by atoms with Crippen molar-refractivity contribution in [2.45, 2.75) is 13.8 Å². The van der Waals surface area contributed by atoms with Crippen LogP contribution in [0.4, 0.5) is 11.6 Å². The molecule has 1 aliphatic heterocycles. The molecule has 1 aliphatic rings. The van der Waals surface area contributed by atoms with Gasteiger partial charge in [-0.15, -0.1) is 0 Å². The van der Waals surface area contributed by atoms with Crippen LogP contribution in [0.1, 0.15) is 23.1 Å². The molecule has 10 heteroatoms. The van der Waals surface area contributed by atoms with Gasteiger partial charge in [0.15, 0.2) is 5.82 Å². The monoisotopic (exact) mass is 498 g/mol. The quantitative estimate of drug-likeness (QED) is 0.335. The number of anilines is 2. The lowest BCUT2D eigenvalue weighted by atomic mass is 10.1. The molecule has 2 amide bonds. The van der Waals surface area contributed by atoms with Crippen molar-refractivity contribution >= 4 is 34.5 Å². The Morgan fingerprint density at radius 3 is 2.49 bits per heavy atom. The van der Waals surface area contributed by atoms with Crippen molar-refractivity contribution in [1.82, 2.24) is 30.2 Å². The van der Waals surface area contributed by atoms with E-state index in [1.54, 1.807) is 0 Å². The summed E-state index contributed by atoms with van der Waals surface area (Å²) in [4.78, 5) is 45.6. The summed E-state index contributed by atoms with van der Waals surface area (Å²) in [5.41, 5.74) is 3.30. The molecule has 0 radical (unpaired) electrons. The first-order chi connectivity index (χ1) is 18.0. The first-order valence-corrected chi connectivity index (χ1v) is 12.4. The molecule has 0 bridgehead atoms. The predicted octanol–water partition coefficient (Wildman–Crippen LogP) is 2.84. The lowest BCUT2D eigenvalue weighted by Gasteiger charge is -2.35. The van der Waals surface area contributed by atoms with Gasteiger partial charge in [-0.05, 0) is 25.1 Å². The molecule has 0 atom stereocenters. The Balaban J connectivity index is 1.30. The molecule has 2 aromatic carbocycles. The minimum absolute atomic E-state index is 0.00944. The number of aryl methyl sites for hydroxylation is 1. The summed E-state index contributed by atoms with van der Waals surface area (Å²) in [5, 5.41) is 6.07. The molecular formula is C27H30N8O2. The Bertz CT molecular complexity index is 1410. The normalized spacial score (nSPS) is 13.6. The smallest absolute Gasteiger partial charge is 0.254 e. The van der Waals surface area contributed by atoms with Crippen LogP contribution in [-0.4, -0.2) is 75.9 Å². The second-order valence-corrected chi connectivity index (χ2v) is 9.04. The van der Waals surface area contributed by atoms with E-state index in [9.17, 15) is 9.59 Å². The van der Waals surface area contributed by atoms with E-state index in [2.05, 4.69) is 30.5 Å². The highest BCUT2D eigenvalue weighted by atomic mass is 16.2. The second-order valence-electron chi connectivity index (χ2n) is 9.04. The minimum Gasteiger partial charge on any atom is -0.368 e. The summed E-state index contributed by atoms with van der Waals surface area (Å²) >= 11 is 0. The highest BCUT2D eigenvalue weighted by Crippen LogP contribution is 2.24. The first kappa shape index (κ1) is 24.2. The molecule has 0 spiro atoms. The van der Waals surface area contributed by atoms with Crippen molar-refractivity contribution in [2.24, 2.45) is 0 Å². The van der Waals surface area contributed by atoms with Gasteiger partial charge in [0.25, 0.3) is 5.91 Å². The standard InChI is InChI=1S/C27H30N8O2/c1-18-30-22-9-8-21(16-23(22)31-18)27(37)35-14-12-34(13-15-35)25-17-24(29-11-10-28-19(2)36)32-26(33-25)20-6-4-3-5-7-20/h3-9,16-17H,10-15H2,1-2H3,(H,28,36)(H,30,31)(H,29,32,33). The van der Waals surface area contributed by atoms with E-state index >= 15 is 0 Å². The molecule has 0 saturated carbocycles. The number of amides is 2. The van der Waals surface area contributed by atoms with Crippen molar-refractivity contribution in [1.29, 1.82) is 0 Å². The average molecular weight is 499 g/mol. The van der Waals surface area contributed by atoms with Gasteiger partial charge in [0, 0.05) is 63.4 Å². The molecule has 1 fully saturated rings. The van der Waals surface area contributed by atoms with E-state index in [1.165, 1.54) is 6.92 Å². The Kier molecular flexibility index (Phi) is 6.98. The van der Waals surface area contributed by atoms with Crippen LogP contribution in [0.5, 0.6) is 0 Å². The van der Waals surface area contributed by atoms with Crippen LogP contribution in [0, 0.1) is 6.92 Å². The van der Waals surface area contributed by atoms with Crippen LogP contribution < -0.4 is 15.5 Å². The summed E-state index contributed by atoms with van der Waals surface area (Å²) in [6, 6.07) is 17.4. The van der Waals surface area contributed by atoms with E-state index in [0.717, 1.165) is 28.2 Å². The molecule has 0 aliphatic carbocycles. The number of H-pyrrole nitrogens is 1. The fraction of sp³-hybridized carbons (Fsp3) is 0.296. The van der Waals surface area contributed by atoms with Gasteiger partial charge < -0.3 is 25.4 Å². The van der Waals surface area contributed by atoms with Gasteiger partial charge in [0.05, 0.1) is 11.0 Å². The maximum absolute atomic E-state index is 13.2. The van der Waals surface area contributed by atoms with Gasteiger partial charge in [0.2, 0.25) is 5.91 Å². The predicted molar refractivity (Wildman–Crippen MR) is 144 cm³/mol. The molecule has 3 N–H and O–H groups in total. The molecule has 37 heavy (non-hydrogen) atoms. The second kappa shape index (κ2) is 10.7. The molecule has 190 valence electrons. The van der Waals surface area contributed by atoms with Gasteiger partial charge in [0.1, 0.15) is 17.5 Å². The number of aromatic nitrogens is 4. The third-order valence-electron chi connectivity index (χ3n) is 6.29. The summed E-state index contributed by atoms with van der Waals surface area (Å²) < 4.78 is 0. The fourth-order valence-corrected chi connectivity index (χ4v) is 4.42. The van der Waals surface area contributed by atoms with Gasteiger partial charge in [-0.25, -0.2) is 15.0 Å². The maximum atomic E-state index is 13.2. The number of carbonyl (C=O) groups is 2. The topological polar surface area (TPSA) is 119 Å². The number of rotatable bonds is 7. The molecule has 3 heterocycles. The van der Waals surface area contributed by atoms with Gasteiger partial charge in [-0.1, -0.05) is 30.3 Å². The zero-order chi connectivity index (χ0) is 25.8. The fourth-order valence-electron chi connectivity index (χ4n) is 4.42. The minimum atomic E-state index is -0.0676.